The van der Waals surface area contributed by atoms with Crippen molar-refractivity contribution in [1.82, 2.24) is 8.87 Å². The van der Waals surface area contributed by atoms with Crippen LogP contribution in [0.15, 0.2) is 52.4 Å². The van der Waals surface area contributed by atoms with Gasteiger partial charge in [0.25, 0.3) is 5.91 Å². The van der Waals surface area contributed by atoms with Crippen molar-refractivity contribution in [3.63, 3.8) is 0 Å². The molecule has 0 N–H and O–H groups in total. The number of fused-ring (bicyclic) bond motifs is 1. The summed E-state index contributed by atoms with van der Waals surface area (Å²) in [5.41, 5.74) is 0.927. The van der Waals surface area contributed by atoms with E-state index in [9.17, 15) is 17.6 Å². The molecule has 0 saturated heterocycles. The number of aromatic nitrogens is 1. The fraction of sp³-hybridized carbons (Fsp3) is 0.238. The van der Waals surface area contributed by atoms with E-state index in [2.05, 4.69) is 10.9 Å². The molecule has 1 heterocycles. The molecule has 0 unspecified atom stereocenters. The Kier molecular flexibility index (Phi) is 6.51. The van der Waals surface area contributed by atoms with Crippen molar-refractivity contribution in [3.8, 4) is 12.3 Å². The number of benzene rings is 2. The van der Waals surface area contributed by atoms with Gasteiger partial charge in [-0.2, -0.15) is 9.30 Å². The van der Waals surface area contributed by atoms with Crippen LogP contribution >= 0.6 is 11.3 Å². The van der Waals surface area contributed by atoms with Crippen LogP contribution in [0.1, 0.15) is 24.2 Å². The molecule has 0 bridgehead atoms. The Morgan fingerprint density at radius 3 is 2.47 bits per heavy atom. The van der Waals surface area contributed by atoms with E-state index in [0.717, 1.165) is 11.3 Å². The molecule has 0 saturated carbocycles. The highest BCUT2D eigenvalue weighted by atomic mass is 32.2. The highest BCUT2D eigenvalue weighted by Gasteiger charge is 2.21. The van der Waals surface area contributed by atoms with Gasteiger partial charge in [0.05, 0.1) is 21.7 Å². The normalized spacial score (nSPS) is 12.4. The lowest BCUT2D eigenvalue weighted by atomic mass is 10.2. The summed E-state index contributed by atoms with van der Waals surface area (Å²) in [5.74, 6) is 1.58. The summed E-state index contributed by atoms with van der Waals surface area (Å²) in [6, 6.07) is 9.93. The number of hydrogen-bond donors (Lipinski definition) is 0. The third-order valence-corrected chi connectivity index (χ3v) is 7.64. The maximum absolute atomic E-state index is 13.5. The van der Waals surface area contributed by atoms with E-state index in [1.54, 1.807) is 24.5 Å². The van der Waals surface area contributed by atoms with E-state index in [1.165, 1.54) is 40.7 Å². The SMILES string of the molecule is C#CCn1c(=NC(=O)c2ccc(S(=O)(=O)N(CC)CC)cc2)sc2cc(F)ccc21. The molecule has 2 aromatic carbocycles. The lowest BCUT2D eigenvalue weighted by Gasteiger charge is -2.18. The van der Waals surface area contributed by atoms with Gasteiger partial charge in [-0.25, -0.2) is 12.8 Å². The molecule has 1 aromatic heterocycles. The zero-order valence-corrected chi connectivity index (χ0v) is 18.1. The summed E-state index contributed by atoms with van der Waals surface area (Å²) in [4.78, 5) is 17.3. The van der Waals surface area contributed by atoms with Crippen molar-refractivity contribution in [2.75, 3.05) is 13.1 Å². The molecule has 3 rings (SSSR count). The Hall–Kier alpha value is -2.80. The molecule has 156 valence electrons. The second kappa shape index (κ2) is 8.92. The highest BCUT2D eigenvalue weighted by Crippen LogP contribution is 2.19. The van der Waals surface area contributed by atoms with Gasteiger partial charge in [-0.1, -0.05) is 31.1 Å². The van der Waals surface area contributed by atoms with Crippen molar-refractivity contribution in [2.45, 2.75) is 25.3 Å². The smallest absolute Gasteiger partial charge is 0.279 e. The summed E-state index contributed by atoms with van der Waals surface area (Å²) in [6.45, 7) is 4.42. The van der Waals surface area contributed by atoms with E-state index < -0.39 is 15.9 Å². The van der Waals surface area contributed by atoms with Crippen molar-refractivity contribution in [1.29, 1.82) is 0 Å². The van der Waals surface area contributed by atoms with Gasteiger partial charge >= 0.3 is 0 Å². The first-order valence-corrected chi connectivity index (χ1v) is 11.5. The number of carbonyl (C=O) groups excluding carboxylic acids is 1. The number of halogens is 1. The zero-order valence-electron chi connectivity index (χ0n) is 16.5. The molecule has 0 atom stereocenters. The second-order valence-corrected chi connectivity index (χ2v) is 9.26. The van der Waals surface area contributed by atoms with Gasteiger partial charge in [0.15, 0.2) is 4.80 Å². The molecule has 0 aliphatic rings. The van der Waals surface area contributed by atoms with E-state index in [4.69, 9.17) is 6.42 Å². The quantitative estimate of drug-likeness (QED) is 0.547. The number of sulfonamides is 1. The van der Waals surface area contributed by atoms with Gasteiger partial charge in [-0.3, -0.25) is 4.79 Å². The van der Waals surface area contributed by atoms with Crippen LogP contribution in [0, 0.1) is 18.2 Å². The molecule has 3 aromatic rings. The van der Waals surface area contributed by atoms with Gasteiger partial charge < -0.3 is 4.57 Å². The van der Waals surface area contributed by atoms with Crippen molar-refractivity contribution in [3.05, 3.63) is 58.6 Å². The lowest BCUT2D eigenvalue weighted by Crippen LogP contribution is -2.30. The number of thiazole rings is 1. The van der Waals surface area contributed by atoms with Crippen LogP contribution in [0.3, 0.4) is 0 Å². The first-order chi connectivity index (χ1) is 14.3. The minimum absolute atomic E-state index is 0.113. The van der Waals surface area contributed by atoms with Crippen LogP contribution in [0.2, 0.25) is 0 Å². The van der Waals surface area contributed by atoms with Crippen LogP contribution in [-0.4, -0.2) is 36.3 Å². The zero-order chi connectivity index (χ0) is 21.9. The molecule has 0 spiro atoms. The van der Waals surface area contributed by atoms with E-state index in [0.29, 0.717) is 28.1 Å². The molecule has 0 radical (unpaired) electrons. The average molecular weight is 446 g/mol. The van der Waals surface area contributed by atoms with Crippen LogP contribution in [-0.2, 0) is 16.6 Å². The molecule has 6 nitrogen and oxygen atoms in total. The van der Waals surface area contributed by atoms with E-state index >= 15 is 0 Å². The molecule has 0 aliphatic carbocycles. The molecule has 0 aliphatic heterocycles. The third-order valence-electron chi connectivity index (χ3n) is 4.54. The fourth-order valence-electron chi connectivity index (χ4n) is 3.01. The monoisotopic (exact) mass is 445 g/mol. The lowest BCUT2D eigenvalue weighted by molar-refractivity contribution is 0.0998. The average Bonchev–Trinajstić information content (AvgIpc) is 3.05. The van der Waals surface area contributed by atoms with Crippen LogP contribution < -0.4 is 4.80 Å². The largest absolute Gasteiger partial charge is 0.305 e. The Morgan fingerprint density at radius 2 is 1.87 bits per heavy atom. The first kappa shape index (κ1) is 21.9. The topological polar surface area (TPSA) is 71.7 Å². The number of rotatable bonds is 6. The van der Waals surface area contributed by atoms with Crippen molar-refractivity contribution < 1.29 is 17.6 Å². The van der Waals surface area contributed by atoms with E-state index in [-0.39, 0.29) is 22.8 Å². The predicted octanol–water partition coefficient (Wildman–Crippen LogP) is 3.25. The molecule has 1 amide bonds. The Labute approximate surface area is 178 Å². The maximum atomic E-state index is 13.5. The number of hydrogen-bond acceptors (Lipinski definition) is 4. The fourth-order valence-corrected chi connectivity index (χ4v) is 5.52. The van der Waals surface area contributed by atoms with Gasteiger partial charge in [-0.05, 0) is 42.5 Å². The van der Waals surface area contributed by atoms with Gasteiger partial charge in [0, 0.05) is 18.7 Å². The molecular weight excluding hydrogens is 425 g/mol. The maximum Gasteiger partial charge on any atom is 0.279 e. The Bertz CT molecular complexity index is 1300. The third kappa shape index (κ3) is 4.21. The minimum Gasteiger partial charge on any atom is -0.305 e. The molecule has 9 heteroatoms. The van der Waals surface area contributed by atoms with Crippen molar-refractivity contribution >= 4 is 37.5 Å². The summed E-state index contributed by atoms with van der Waals surface area (Å²) >= 11 is 1.16. The van der Waals surface area contributed by atoms with Gasteiger partial charge in [-0.15, -0.1) is 6.42 Å². The van der Waals surface area contributed by atoms with Crippen LogP contribution in [0.25, 0.3) is 10.2 Å². The highest BCUT2D eigenvalue weighted by molar-refractivity contribution is 7.89. The van der Waals surface area contributed by atoms with Crippen molar-refractivity contribution in [2.24, 2.45) is 4.99 Å². The van der Waals surface area contributed by atoms with Gasteiger partial charge in [0.2, 0.25) is 10.0 Å². The Morgan fingerprint density at radius 1 is 1.20 bits per heavy atom. The number of amides is 1. The Balaban J connectivity index is 1.99. The predicted molar refractivity (Wildman–Crippen MR) is 115 cm³/mol. The second-order valence-electron chi connectivity index (χ2n) is 6.32. The molecule has 0 fully saturated rings. The first-order valence-electron chi connectivity index (χ1n) is 9.23. The molecule has 30 heavy (non-hydrogen) atoms. The summed E-state index contributed by atoms with van der Waals surface area (Å²) in [6.07, 6.45) is 5.43. The van der Waals surface area contributed by atoms with Crippen LogP contribution in [0.4, 0.5) is 4.39 Å². The van der Waals surface area contributed by atoms with Gasteiger partial charge in [0.1, 0.15) is 5.82 Å². The summed E-state index contributed by atoms with van der Waals surface area (Å²) in [5, 5.41) is 0. The summed E-state index contributed by atoms with van der Waals surface area (Å²) in [7, 11) is -3.61. The minimum atomic E-state index is -3.61. The molecular formula is C21H20FN3O3S2. The number of terminal acetylenes is 1. The number of nitrogens with zero attached hydrogens (tertiary/aromatic N) is 3. The van der Waals surface area contributed by atoms with Crippen LogP contribution in [0.5, 0.6) is 0 Å². The standard InChI is InChI=1S/C21H20FN3O3S2/c1-4-13-25-18-12-9-16(22)14-19(18)29-21(25)23-20(26)15-7-10-17(11-8-15)30(27,28)24(5-2)6-3/h1,7-12,14H,5-6,13H2,2-3H3. The van der Waals surface area contributed by atoms with E-state index in [1.807, 2.05) is 0 Å². The number of carbonyl (C=O) groups is 1. The summed E-state index contributed by atoms with van der Waals surface area (Å²) < 4.78 is 42.3.